The van der Waals surface area contributed by atoms with Gasteiger partial charge in [-0.15, -0.1) is 0 Å². The van der Waals surface area contributed by atoms with Crippen LogP contribution in [0.25, 0.3) is 0 Å². The van der Waals surface area contributed by atoms with E-state index in [9.17, 15) is 9.59 Å². The molecule has 0 atom stereocenters. The summed E-state index contributed by atoms with van der Waals surface area (Å²) in [6.07, 6.45) is 3.15. The molecule has 1 aliphatic carbocycles. The van der Waals surface area contributed by atoms with Crippen LogP contribution in [0.15, 0.2) is 30.3 Å². The zero-order valence-corrected chi connectivity index (χ0v) is 19.9. The third-order valence-corrected chi connectivity index (χ3v) is 7.03. The smallest absolute Gasteiger partial charge is 0.322 e. The molecule has 0 saturated heterocycles. The van der Waals surface area contributed by atoms with Crippen LogP contribution in [0.4, 0.5) is 16.2 Å². The number of methoxy groups -OCH3 is 2. The number of anilines is 2. The van der Waals surface area contributed by atoms with E-state index in [-0.39, 0.29) is 23.9 Å². The van der Waals surface area contributed by atoms with Crippen molar-refractivity contribution in [2.75, 3.05) is 24.9 Å². The van der Waals surface area contributed by atoms with E-state index in [4.69, 9.17) is 9.47 Å². The highest BCUT2D eigenvalue weighted by Gasteiger charge is 2.34. The summed E-state index contributed by atoms with van der Waals surface area (Å²) in [6, 6.07) is 9.76. The molecular weight excluding hydrogens is 418 g/mol. The first kappa shape index (κ1) is 23.1. The first-order chi connectivity index (χ1) is 15.9. The van der Waals surface area contributed by atoms with Gasteiger partial charge in [-0.1, -0.05) is 12.1 Å². The first-order valence-corrected chi connectivity index (χ1v) is 11.5. The number of fused-ring (bicyclic) bond motifs is 1. The Morgan fingerprint density at radius 1 is 1.12 bits per heavy atom. The summed E-state index contributed by atoms with van der Waals surface area (Å²) in [5, 5.41) is 6.09. The van der Waals surface area contributed by atoms with E-state index in [0.29, 0.717) is 13.2 Å². The molecule has 1 saturated carbocycles. The minimum Gasteiger partial charge on any atom is -0.496 e. The van der Waals surface area contributed by atoms with Crippen LogP contribution in [0.1, 0.15) is 47.9 Å². The number of benzene rings is 2. The van der Waals surface area contributed by atoms with Gasteiger partial charge in [-0.2, -0.15) is 0 Å². The van der Waals surface area contributed by atoms with Crippen LogP contribution in [0, 0.1) is 19.8 Å². The lowest BCUT2D eigenvalue weighted by molar-refractivity contribution is -0.121. The third kappa shape index (κ3) is 4.83. The second-order valence-corrected chi connectivity index (χ2v) is 9.05. The summed E-state index contributed by atoms with van der Waals surface area (Å²) >= 11 is 0. The number of urea groups is 1. The van der Waals surface area contributed by atoms with Crippen LogP contribution < -0.4 is 15.4 Å². The van der Waals surface area contributed by atoms with Crippen LogP contribution in [-0.2, 0) is 22.7 Å². The largest absolute Gasteiger partial charge is 0.496 e. The Morgan fingerprint density at radius 2 is 1.88 bits per heavy atom. The van der Waals surface area contributed by atoms with E-state index in [1.54, 1.807) is 14.2 Å². The minimum atomic E-state index is -0.0546. The molecule has 1 aliphatic heterocycles. The van der Waals surface area contributed by atoms with Crippen LogP contribution in [0.3, 0.4) is 0 Å². The number of carbonyl (C=O) groups excluding carboxylic acids is 2. The molecule has 0 unspecified atom stereocenters. The Hall–Kier alpha value is -3.06. The van der Waals surface area contributed by atoms with Gasteiger partial charge in [0.05, 0.1) is 20.3 Å². The van der Waals surface area contributed by atoms with Crippen molar-refractivity contribution < 1.29 is 19.1 Å². The lowest BCUT2D eigenvalue weighted by Crippen LogP contribution is -2.47. The average molecular weight is 452 g/mol. The summed E-state index contributed by atoms with van der Waals surface area (Å²) < 4.78 is 10.7. The number of rotatable bonds is 6. The van der Waals surface area contributed by atoms with Crippen LogP contribution in [0.5, 0.6) is 5.75 Å². The maximum absolute atomic E-state index is 12.8. The summed E-state index contributed by atoms with van der Waals surface area (Å²) in [6.45, 7) is 5.21. The summed E-state index contributed by atoms with van der Waals surface area (Å²) in [5.74, 6) is 0.744. The second kappa shape index (κ2) is 9.83. The van der Waals surface area contributed by atoms with Gasteiger partial charge in [-0.05, 0) is 73.9 Å². The number of nitrogens with zero attached hydrogens (tertiary/aromatic N) is 1. The van der Waals surface area contributed by atoms with Crippen molar-refractivity contribution in [3.05, 3.63) is 52.6 Å². The van der Waals surface area contributed by atoms with Gasteiger partial charge in [0.25, 0.3) is 0 Å². The molecule has 2 aliphatic rings. The summed E-state index contributed by atoms with van der Waals surface area (Å²) in [4.78, 5) is 27.6. The number of nitrogens with one attached hydrogen (secondary N) is 2. The zero-order valence-electron chi connectivity index (χ0n) is 19.9. The van der Waals surface area contributed by atoms with E-state index in [1.165, 1.54) is 5.56 Å². The van der Waals surface area contributed by atoms with Gasteiger partial charge in [0, 0.05) is 36.5 Å². The normalized spacial score (nSPS) is 20.1. The van der Waals surface area contributed by atoms with Crippen LogP contribution in [-0.4, -0.2) is 37.1 Å². The number of ether oxygens (including phenoxy) is 2. The molecule has 7 heteroatoms. The molecule has 0 bridgehead atoms. The maximum atomic E-state index is 12.8. The lowest BCUT2D eigenvalue weighted by atomic mass is 9.84. The van der Waals surface area contributed by atoms with Gasteiger partial charge in [0.2, 0.25) is 5.91 Å². The highest BCUT2D eigenvalue weighted by molar-refractivity contribution is 5.94. The Balaban J connectivity index is 1.38. The highest BCUT2D eigenvalue weighted by Crippen LogP contribution is 2.35. The molecule has 7 nitrogen and oxygen atoms in total. The number of amides is 3. The van der Waals surface area contributed by atoms with Gasteiger partial charge >= 0.3 is 6.03 Å². The minimum absolute atomic E-state index is 0.0350. The van der Waals surface area contributed by atoms with Gasteiger partial charge in [0.15, 0.2) is 0 Å². The molecular formula is C26H33N3O4. The molecule has 4 rings (SSSR count). The van der Waals surface area contributed by atoms with Crippen molar-refractivity contribution in [3.63, 3.8) is 0 Å². The van der Waals surface area contributed by atoms with E-state index in [1.807, 2.05) is 42.2 Å². The van der Waals surface area contributed by atoms with Gasteiger partial charge in [-0.25, -0.2) is 4.79 Å². The molecule has 2 N–H and O–H groups in total. The van der Waals surface area contributed by atoms with Crippen LogP contribution >= 0.6 is 0 Å². The monoisotopic (exact) mass is 451 g/mol. The SMILES string of the molecule is COCc1ccc2c(c1C)CN(C1CCC(C(=O)Nc3ccc(C)c(OC)c3)CC1)C(=O)N2. The summed E-state index contributed by atoms with van der Waals surface area (Å²) in [7, 11) is 3.32. The molecule has 0 aromatic heterocycles. The molecule has 1 heterocycles. The van der Waals surface area contributed by atoms with E-state index >= 15 is 0 Å². The van der Waals surface area contributed by atoms with Crippen molar-refractivity contribution >= 4 is 23.3 Å². The molecule has 2 aromatic carbocycles. The number of hydrogen-bond donors (Lipinski definition) is 2. The van der Waals surface area contributed by atoms with Crippen molar-refractivity contribution in [2.24, 2.45) is 5.92 Å². The molecule has 176 valence electrons. The predicted molar refractivity (Wildman–Crippen MR) is 129 cm³/mol. The topological polar surface area (TPSA) is 79.9 Å². The Morgan fingerprint density at radius 3 is 2.58 bits per heavy atom. The molecule has 3 amide bonds. The predicted octanol–water partition coefficient (Wildman–Crippen LogP) is 5.00. The lowest BCUT2D eigenvalue weighted by Gasteiger charge is -2.39. The first-order valence-electron chi connectivity index (χ1n) is 11.5. The average Bonchev–Trinajstić information content (AvgIpc) is 2.82. The Bertz CT molecular complexity index is 1040. The molecule has 1 fully saturated rings. The van der Waals surface area contributed by atoms with Crippen molar-refractivity contribution in [1.29, 1.82) is 0 Å². The molecule has 2 aromatic rings. The van der Waals surface area contributed by atoms with E-state index in [0.717, 1.165) is 59.5 Å². The quantitative estimate of drug-likeness (QED) is 0.648. The zero-order chi connectivity index (χ0) is 23.5. The van der Waals surface area contributed by atoms with Crippen molar-refractivity contribution in [2.45, 2.75) is 58.7 Å². The number of aryl methyl sites for hydroxylation is 1. The fourth-order valence-electron chi connectivity index (χ4n) is 4.95. The Kier molecular flexibility index (Phi) is 6.88. The fraction of sp³-hybridized carbons (Fsp3) is 0.462. The molecule has 33 heavy (non-hydrogen) atoms. The summed E-state index contributed by atoms with van der Waals surface area (Å²) in [5.41, 5.74) is 6.12. The highest BCUT2D eigenvalue weighted by atomic mass is 16.5. The van der Waals surface area contributed by atoms with Gasteiger partial charge in [-0.3, -0.25) is 4.79 Å². The van der Waals surface area contributed by atoms with Crippen molar-refractivity contribution in [3.8, 4) is 5.75 Å². The molecule has 0 radical (unpaired) electrons. The number of hydrogen-bond acceptors (Lipinski definition) is 4. The van der Waals surface area contributed by atoms with Gasteiger partial charge in [0.1, 0.15) is 5.75 Å². The second-order valence-electron chi connectivity index (χ2n) is 9.05. The fourth-order valence-corrected chi connectivity index (χ4v) is 4.95. The van der Waals surface area contributed by atoms with Gasteiger partial charge < -0.3 is 25.0 Å². The number of carbonyl (C=O) groups is 2. The van der Waals surface area contributed by atoms with E-state index in [2.05, 4.69) is 17.6 Å². The van der Waals surface area contributed by atoms with E-state index < -0.39 is 0 Å². The third-order valence-electron chi connectivity index (χ3n) is 7.03. The standard InChI is InChI=1S/C26H33N3O4/c1-16-5-9-20(13-24(16)33-4)27-25(30)18-6-10-21(11-7-18)29-14-22-17(2)19(15-32-3)8-12-23(22)28-26(29)31/h5,8-9,12-13,18,21H,6-7,10-11,14-15H2,1-4H3,(H,27,30)(H,28,31). The Labute approximate surface area is 195 Å². The molecule has 0 spiro atoms. The van der Waals surface area contributed by atoms with Crippen molar-refractivity contribution in [1.82, 2.24) is 4.90 Å². The van der Waals surface area contributed by atoms with Crippen LogP contribution in [0.2, 0.25) is 0 Å². The maximum Gasteiger partial charge on any atom is 0.322 e.